The van der Waals surface area contributed by atoms with Crippen LogP contribution in [0.15, 0.2) is 170 Å². The second-order valence-corrected chi connectivity index (χ2v) is 16.4. The minimum Gasteiger partial charge on any atom is -0.309 e. The van der Waals surface area contributed by atoms with Gasteiger partial charge in [0.25, 0.3) is 0 Å². The molecule has 3 heteroatoms. The molecule has 0 saturated heterocycles. The molecular weight excluding hydrogens is 715 g/mol. The molecule has 4 aromatic heterocycles. The summed E-state index contributed by atoms with van der Waals surface area (Å²) in [5.74, 6) is 0. The maximum atomic E-state index is 4.35. The van der Waals surface area contributed by atoms with Crippen molar-refractivity contribution in [3.8, 4) is 11.4 Å². The van der Waals surface area contributed by atoms with Crippen molar-refractivity contribution in [2.75, 3.05) is 0 Å². The van der Waals surface area contributed by atoms with Gasteiger partial charge in [-0.15, -0.1) is 0 Å². The van der Waals surface area contributed by atoms with Gasteiger partial charge in [0.15, 0.2) is 0 Å². The van der Waals surface area contributed by atoms with Crippen molar-refractivity contribution in [2.45, 2.75) is 52.4 Å². The fourth-order valence-electron chi connectivity index (χ4n) is 10.1. The van der Waals surface area contributed by atoms with Crippen molar-refractivity contribution in [1.29, 1.82) is 0 Å². The Balaban J connectivity index is 1.14. The molecule has 286 valence electrons. The fourth-order valence-corrected chi connectivity index (χ4v) is 10.1. The van der Waals surface area contributed by atoms with Gasteiger partial charge in [0.05, 0.1) is 38.6 Å². The van der Waals surface area contributed by atoms with Crippen LogP contribution in [0.2, 0.25) is 0 Å². The van der Waals surface area contributed by atoms with Crippen molar-refractivity contribution in [3.63, 3.8) is 0 Å². The lowest BCUT2D eigenvalue weighted by Crippen LogP contribution is -1.98. The molecule has 0 fully saturated rings. The van der Waals surface area contributed by atoms with Gasteiger partial charge in [-0.3, -0.25) is 0 Å². The Bertz CT molecular complexity index is 3510. The van der Waals surface area contributed by atoms with Crippen LogP contribution in [0, 0.1) is 0 Å². The van der Waals surface area contributed by atoms with Crippen LogP contribution in [0.1, 0.15) is 57.1 Å². The topological polar surface area (TPSA) is 14.3 Å². The number of benzene rings is 7. The summed E-state index contributed by atoms with van der Waals surface area (Å²) in [4.78, 5) is 0. The van der Waals surface area contributed by atoms with Gasteiger partial charge < -0.3 is 13.5 Å². The molecule has 59 heavy (non-hydrogen) atoms. The van der Waals surface area contributed by atoms with Gasteiger partial charge in [-0.2, -0.15) is 0 Å². The number of aryl methyl sites for hydroxylation is 1. The number of hydrogen-bond donors (Lipinski definition) is 0. The zero-order valence-electron chi connectivity index (χ0n) is 33.9. The van der Waals surface area contributed by atoms with Crippen LogP contribution in [0.3, 0.4) is 0 Å². The van der Waals surface area contributed by atoms with Crippen LogP contribution in [0.25, 0.3) is 98.7 Å². The molecule has 0 saturated carbocycles. The fraction of sp³-hybridized carbons (Fsp3) is 0.143. The highest BCUT2D eigenvalue weighted by Crippen LogP contribution is 2.46. The zero-order chi connectivity index (χ0) is 39.8. The number of nitrogens with zero attached hydrogens (tertiary/aromatic N) is 3. The van der Waals surface area contributed by atoms with Crippen molar-refractivity contribution >= 4 is 87.3 Å². The van der Waals surface area contributed by atoms with E-state index in [1.54, 1.807) is 0 Å². The van der Waals surface area contributed by atoms with Crippen LogP contribution >= 0.6 is 0 Å². The molecule has 11 aromatic rings. The first-order valence-electron chi connectivity index (χ1n) is 21.4. The average molecular weight is 762 g/mol. The molecule has 11 rings (SSSR count). The van der Waals surface area contributed by atoms with E-state index >= 15 is 0 Å². The molecular formula is C56H47N3. The molecule has 0 unspecified atom stereocenters. The van der Waals surface area contributed by atoms with Gasteiger partial charge in [0, 0.05) is 54.5 Å². The summed E-state index contributed by atoms with van der Waals surface area (Å²) in [6.45, 7) is 13.0. The Morgan fingerprint density at radius 3 is 2.02 bits per heavy atom. The lowest BCUT2D eigenvalue weighted by Gasteiger charge is -2.12. The molecule has 0 bridgehead atoms. The van der Waals surface area contributed by atoms with Crippen molar-refractivity contribution in [1.82, 2.24) is 13.5 Å². The highest BCUT2D eigenvalue weighted by atomic mass is 15.0. The van der Waals surface area contributed by atoms with E-state index in [-0.39, 0.29) is 0 Å². The van der Waals surface area contributed by atoms with Crippen LogP contribution in [0.5, 0.6) is 0 Å². The van der Waals surface area contributed by atoms with Gasteiger partial charge >= 0.3 is 0 Å². The van der Waals surface area contributed by atoms with Crippen molar-refractivity contribution < 1.29 is 0 Å². The van der Waals surface area contributed by atoms with Gasteiger partial charge in [-0.25, -0.2) is 0 Å². The Morgan fingerprint density at radius 2 is 1.19 bits per heavy atom. The minimum atomic E-state index is 1.01. The lowest BCUT2D eigenvalue weighted by molar-refractivity contribution is 0.794. The summed E-state index contributed by atoms with van der Waals surface area (Å²) >= 11 is 0. The van der Waals surface area contributed by atoms with Gasteiger partial charge in [0.2, 0.25) is 0 Å². The highest BCUT2D eigenvalue weighted by Gasteiger charge is 2.23. The molecule has 3 nitrogen and oxygen atoms in total. The predicted octanol–water partition coefficient (Wildman–Crippen LogP) is 15.7. The Morgan fingerprint density at radius 1 is 0.525 bits per heavy atom. The maximum absolute atomic E-state index is 4.35. The Labute approximate surface area is 344 Å². The smallest absolute Gasteiger partial charge is 0.0620 e. The Kier molecular flexibility index (Phi) is 8.34. The first kappa shape index (κ1) is 35.3. The third-order valence-corrected chi connectivity index (χ3v) is 12.8. The van der Waals surface area contributed by atoms with E-state index in [0.29, 0.717) is 0 Å². The zero-order valence-corrected chi connectivity index (χ0v) is 33.9. The highest BCUT2D eigenvalue weighted by molar-refractivity contribution is 6.33. The van der Waals surface area contributed by atoms with E-state index < -0.39 is 0 Å². The van der Waals surface area contributed by atoms with E-state index in [9.17, 15) is 0 Å². The number of para-hydroxylation sites is 3. The number of fused-ring (bicyclic) bond motifs is 13. The van der Waals surface area contributed by atoms with Crippen LogP contribution in [-0.2, 0) is 6.42 Å². The third-order valence-electron chi connectivity index (χ3n) is 12.8. The predicted molar refractivity (Wildman–Crippen MR) is 255 cm³/mol. The summed E-state index contributed by atoms with van der Waals surface area (Å²) < 4.78 is 7.46. The standard InChI is InChI=1S/C56H47N3/c1-5-8-16-36(4)32-38(7-3)39-26-29-50-47(34-39)44-22-15-23-46-55-52(59(50)56(44)46)31-30-51-54(55)45-21-11-13-25-49(45)57(51)41-27-28-43-42-20-10-12-24-48(42)58(53(43)35-41)40-19-14-18-37(33-40)17-9-6-2/h7,10-15,18-35H,3-6,8-9,16-17H2,1-2H3/b38-32+. The number of rotatable bonds is 11. The third kappa shape index (κ3) is 5.34. The molecule has 0 spiro atoms. The van der Waals surface area contributed by atoms with Gasteiger partial charge in [0.1, 0.15) is 0 Å². The van der Waals surface area contributed by atoms with E-state index in [1.165, 1.54) is 111 Å². The second-order valence-electron chi connectivity index (χ2n) is 16.4. The van der Waals surface area contributed by atoms with Crippen molar-refractivity contribution in [2.24, 2.45) is 0 Å². The van der Waals surface area contributed by atoms with Gasteiger partial charge in [-0.05, 0) is 103 Å². The molecule has 0 amide bonds. The molecule has 4 heterocycles. The van der Waals surface area contributed by atoms with E-state index in [2.05, 4.69) is 186 Å². The second kappa shape index (κ2) is 13.9. The van der Waals surface area contributed by atoms with Crippen LogP contribution in [-0.4, -0.2) is 13.5 Å². The van der Waals surface area contributed by atoms with E-state index in [4.69, 9.17) is 0 Å². The molecule has 0 N–H and O–H groups in total. The first-order valence-corrected chi connectivity index (χ1v) is 21.4. The van der Waals surface area contributed by atoms with E-state index in [0.717, 1.165) is 42.5 Å². The molecule has 0 aliphatic rings. The average Bonchev–Trinajstić information content (AvgIpc) is 4.00. The molecule has 0 aliphatic heterocycles. The van der Waals surface area contributed by atoms with Crippen LogP contribution in [0.4, 0.5) is 0 Å². The molecule has 0 aliphatic carbocycles. The summed E-state index contributed by atoms with van der Waals surface area (Å²) in [5, 5.41) is 10.2. The summed E-state index contributed by atoms with van der Waals surface area (Å²) in [5.41, 5.74) is 15.8. The monoisotopic (exact) mass is 761 g/mol. The van der Waals surface area contributed by atoms with Crippen LogP contribution < -0.4 is 0 Å². The molecule has 0 atom stereocenters. The number of unbranched alkanes of at least 4 members (excludes halogenated alkanes) is 2. The maximum Gasteiger partial charge on any atom is 0.0620 e. The number of allylic oxidation sites excluding steroid dienone is 4. The minimum absolute atomic E-state index is 1.01. The van der Waals surface area contributed by atoms with Crippen molar-refractivity contribution in [3.05, 3.63) is 182 Å². The number of aromatic nitrogens is 3. The largest absolute Gasteiger partial charge is 0.309 e. The quantitative estimate of drug-likeness (QED) is 0.117. The number of hydrogen-bond acceptors (Lipinski definition) is 0. The van der Waals surface area contributed by atoms with E-state index in [1.807, 2.05) is 6.08 Å². The normalized spacial score (nSPS) is 12.5. The lowest BCUT2D eigenvalue weighted by atomic mass is 9.98. The Hall–Kier alpha value is -6.84. The molecule has 7 aromatic carbocycles. The SMILES string of the molecule is C=C/C(=C\C(=C)CCCC)c1ccc2c(c1)c1cccc3c4c5c6ccccc6n(-c6ccc7c8ccccc8n(-c8cccc(CCCC)c8)c7c6)c5ccc4n2c13. The van der Waals surface area contributed by atoms with Gasteiger partial charge in [-0.1, -0.05) is 136 Å². The summed E-state index contributed by atoms with van der Waals surface area (Å²) in [6, 6.07) is 52.5. The summed E-state index contributed by atoms with van der Waals surface area (Å²) in [7, 11) is 0. The summed E-state index contributed by atoms with van der Waals surface area (Å²) in [6.07, 6.45) is 11.0. The first-order chi connectivity index (χ1) is 29.1. The molecule has 0 radical (unpaired) electrons.